The van der Waals surface area contributed by atoms with E-state index in [0.29, 0.717) is 29.1 Å². The summed E-state index contributed by atoms with van der Waals surface area (Å²) in [6, 6.07) is 4.94. The number of nitrogens with two attached hydrogens (primary N) is 1. The Morgan fingerprint density at radius 1 is 1.59 bits per heavy atom. The highest BCUT2D eigenvalue weighted by atomic mass is 35.5. The summed E-state index contributed by atoms with van der Waals surface area (Å²) in [5.41, 5.74) is 6.39. The van der Waals surface area contributed by atoms with E-state index < -0.39 is 0 Å². The first-order valence-electron chi connectivity index (χ1n) is 5.52. The van der Waals surface area contributed by atoms with E-state index in [9.17, 15) is 4.79 Å². The van der Waals surface area contributed by atoms with Crippen LogP contribution in [-0.4, -0.2) is 23.7 Å². The molecule has 0 spiro atoms. The number of aliphatic hydroxyl groups excluding tert-OH is 1. The van der Waals surface area contributed by atoms with Crippen molar-refractivity contribution in [3.63, 3.8) is 0 Å². The molecular weight excluding hydrogens is 240 g/mol. The van der Waals surface area contributed by atoms with Crippen LogP contribution in [0.15, 0.2) is 18.2 Å². The molecule has 1 amide bonds. The van der Waals surface area contributed by atoms with Gasteiger partial charge in [-0.3, -0.25) is 4.79 Å². The minimum absolute atomic E-state index is 0.0228. The molecule has 1 unspecified atom stereocenters. The first-order valence-corrected chi connectivity index (χ1v) is 5.89. The lowest BCUT2D eigenvalue weighted by Gasteiger charge is -2.14. The van der Waals surface area contributed by atoms with E-state index in [1.807, 2.05) is 6.92 Å². The molecule has 0 bridgehead atoms. The predicted octanol–water partition coefficient (Wildman–Crippen LogP) is 1.81. The highest BCUT2D eigenvalue weighted by molar-refractivity contribution is 6.34. The zero-order valence-corrected chi connectivity index (χ0v) is 10.5. The topological polar surface area (TPSA) is 75.3 Å². The van der Waals surface area contributed by atoms with Crippen molar-refractivity contribution in [1.82, 2.24) is 5.32 Å². The number of nitrogen functional groups attached to an aromatic ring is 1. The molecule has 1 aromatic rings. The molecule has 0 heterocycles. The second-order valence-corrected chi connectivity index (χ2v) is 4.35. The molecule has 0 radical (unpaired) electrons. The molecule has 0 aliphatic heterocycles. The standard InChI is InChI=1S/C12H17ClN2O2/c1-8(4-3-7-16)15-12(17)11-9(13)5-2-6-10(11)14/h2,5-6,8,16H,3-4,7,14H2,1H3,(H,15,17). The Bertz CT molecular complexity index is 376. The van der Waals surface area contributed by atoms with E-state index in [1.54, 1.807) is 18.2 Å². The van der Waals surface area contributed by atoms with Crippen molar-refractivity contribution in [2.24, 2.45) is 0 Å². The average molecular weight is 257 g/mol. The maximum Gasteiger partial charge on any atom is 0.255 e. The lowest BCUT2D eigenvalue weighted by Crippen LogP contribution is -2.33. The van der Waals surface area contributed by atoms with Gasteiger partial charge in [-0.1, -0.05) is 17.7 Å². The number of rotatable bonds is 5. The van der Waals surface area contributed by atoms with Gasteiger partial charge in [0.25, 0.3) is 5.91 Å². The third-order valence-electron chi connectivity index (χ3n) is 2.45. The lowest BCUT2D eigenvalue weighted by atomic mass is 10.1. The number of hydrogen-bond acceptors (Lipinski definition) is 3. The van der Waals surface area contributed by atoms with Gasteiger partial charge in [0.15, 0.2) is 0 Å². The highest BCUT2D eigenvalue weighted by Gasteiger charge is 2.15. The number of amides is 1. The molecule has 4 N–H and O–H groups in total. The molecule has 0 aliphatic rings. The van der Waals surface area contributed by atoms with E-state index in [1.165, 1.54) is 0 Å². The van der Waals surface area contributed by atoms with E-state index in [4.69, 9.17) is 22.4 Å². The molecule has 0 aromatic heterocycles. The van der Waals surface area contributed by atoms with Crippen LogP contribution in [0.1, 0.15) is 30.1 Å². The number of anilines is 1. The molecule has 0 saturated carbocycles. The number of benzene rings is 1. The first-order chi connectivity index (χ1) is 8.06. The van der Waals surface area contributed by atoms with E-state index in [0.717, 1.165) is 0 Å². The number of hydrogen-bond donors (Lipinski definition) is 3. The molecule has 4 nitrogen and oxygen atoms in total. The Hall–Kier alpha value is -1.26. The Morgan fingerprint density at radius 2 is 2.29 bits per heavy atom. The quantitative estimate of drug-likeness (QED) is 0.704. The number of aliphatic hydroxyl groups is 1. The second-order valence-electron chi connectivity index (χ2n) is 3.94. The number of carbonyl (C=O) groups is 1. The van der Waals surface area contributed by atoms with Crippen LogP contribution >= 0.6 is 11.6 Å². The predicted molar refractivity (Wildman–Crippen MR) is 69.1 cm³/mol. The Kier molecular flexibility index (Phi) is 5.25. The largest absolute Gasteiger partial charge is 0.398 e. The fraction of sp³-hybridized carbons (Fsp3) is 0.417. The summed E-state index contributed by atoms with van der Waals surface area (Å²) in [6.07, 6.45) is 1.37. The zero-order valence-electron chi connectivity index (χ0n) is 9.74. The molecule has 5 heteroatoms. The summed E-state index contributed by atoms with van der Waals surface area (Å²) in [6.45, 7) is 2.00. The van der Waals surface area contributed by atoms with Gasteiger partial charge in [-0.15, -0.1) is 0 Å². The van der Waals surface area contributed by atoms with Crippen LogP contribution < -0.4 is 11.1 Å². The average Bonchev–Trinajstić information content (AvgIpc) is 2.26. The number of carbonyl (C=O) groups excluding carboxylic acids is 1. The van der Waals surface area contributed by atoms with Gasteiger partial charge in [0.05, 0.1) is 10.6 Å². The van der Waals surface area contributed by atoms with Gasteiger partial charge >= 0.3 is 0 Å². The maximum atomic E-state index is 11.9. The molecule has 0 fully saturated rings. The third kappa shape index (κ3) is 3.91. The molecular formula is C12H17ClN2O2. The summed E-state index contributed by atoms with van der Waals surface area (Å²) >= 11 is 5.93. The minimum Gasteiger partial charge on any atom is -0.398 e. The van der Waals surface area contributed by atoms with Crippen LogP contribution in [0.2, 0.25) is 5.02 Å². The van der Waals surface area contributed by atoms with Gasteiger partial charge in [-0.25, -0.2) is 0 Å². The Labute approximate surface area is 106 Å². The Balaban J connectivity index is 2.70. The van der Waals surface area contributed by atoms with Crippen LogP contribution in [0.3, 0.4) is 0 Å². The third-order valence-corrected chi connectivity index (χ3v) is 2.76. The molecule has 1 aromatic carbocycles. The van der Waals surface area contributed by atoms with Crippen LogP contribution in [0.25, 0.3) is 0 Å². The number of nitrogens with one attached hydrogen (secondary N) is 1. The molecule has 0 saturated heterocycles. The molecule has 17 heavy (non-hydrogen) atoms. The van der Waals surface area contributed by atoms with Gasteiger partial charge in [-0.2, -0.15) is 0 Å². The van der Waals surface area contributed by atoms with Crippen molar-refractivity contribution in [2.45, 2.75) is 25.8 Å². The monoisotopic (exact) mass is 256 g/mol. The highest BCUT2D eigenvalue weighted by Crippen LogP contribution is 2.21. The van der Waals surface area contributed by atoms with Crippen molar-refractivity contribution in [1.29, 1.82) is 0 Å². The van der Waals surface area contributed by atoms with E-state index in [-0.39, 0.29) is 18.6 Å². The van der Waals surface area contributed by atoms with Crippen molar-refractivity contribution in [3.05, 3.63) is 28.8 Å². The first kappa shape index (κ1) is 13.8. The summed E-state index contributed by atoms with van der Waals surface area (Å²) < 4.78 is 0. The van der Waals surface area contributed by atoms with Crippen LogP contribution in [0.4, 0.5) is 5.69 Å². The SMILES string of the molecule is CC(CCCO)NC(=O)c1c(N)cccc1Cl. The van der Waals surface area contributed by atoms with Gasteiger partial charge in [-0.05, 0) is 31.9 Å². The fourth-order valence-corrected chi connectivity index (χ4v) is 1.81. The van der Waals surface area contributed by atoms with Crippen molar-refractivity contribution < 1.29 is 9.90 Å². The van der Waals surface area contributed by atoms with Gasteiger partial charge in [0.1, 0.15) is 0 Å². The minimum atomic E-state index is -0.279. The van der Waals surface area contributed by atoms with Crippen LogP contribution in [0, 0.1) is 0 Å². The lowest BCUT2D eigenvalue weighted by molar-refractivity contribution is 0.0937. The zero-order chi connectivity index (χ0) is 12.8. The molecule has 94 valence electrons. The van der Waals surface area contributed by atoms with Crippen LogP contribution in [0.5, 0.6) is 0 Å². The number of halogens is 1. The van der Waals surface area contributed by atoms with Crippen molar-refractivity contribution in [2.75, 3.05) is 12.3 Å². The summed E-state index contributed by atoms with van der Waals surface area (Å²) in [5, 5.41) is 11.8. The van der Waals surface area contributed by atoms with Gasteiger partial charge in [0.2, 0.25) is 0 Å². The van der Waals surface area contributed by atoms with Gasteiger partial charge < -0.3 is 16.2 Å². The maximum absolute atomic E-state index is 11.9. The summed E-state index contributed by atoms with van der Waals surface area (Å²) in [7, 11) is 0. The van der Waals surface area contributed by atoms with Crippen molar-refractivity contribution in [3.8, 4) is 0 Å². The van der Waals surface area contributed by atoms with E-state index in [2.05, 4.69) is 5.32 Å². The smallest absolute Gasteiger partial charge is 0.255 e. The Morgan fingerprint density at radius 3 is 2.88 bits per heavy atom. The second kappa shape index (κ2) is 6.47. The summed E-state index contributed by atoms with van der Waals surface area (Å²) in [4.78, 5) is 11.9. The van der Waals surface area contributed by atoms with E-state index >= 15 is 0 Å². The van der Waals surface area contributed by atoms with Gasteiger partial charge in [0, 0.05) is 18.3 Å². The molecule has 1 atom stereocenters. The molecule has 0 aliphatic carbocycles. The normalized spacial score (nSPS) is 12.2. The van der Waals surface area contributed by atoms with Crippen LogP contribution in [-0.2, 0) is 0 Å². The fourth-order valence-electron chi connectivity index (χ4n) is 1.55. The molecule has 1 rings (SSSR count). The summed E-state index contributed by atoms with van der Waals surface area (Å²) in [5.74, 6) is -0.279. The van der Waals surface area contributed by atoms with Crippen molar-refractivity contribution >= 4 is 23.2 Å².